The van der Waals surface area contributed by atoms with E-state index in [4.69, 9.17) is 10.7 Å². The number of imide groups is 1. The molecule has 0 saturated carbocycles. The first-order chi connectivity index (χ1) is 29.1. The summed E-state index contributed by atoms with van der Waals surface area (Å²) in [5, 5.41) is 7.08. The number of carbonyl (C=O) groups excluding carboxylic acids is 4. The van der Waals surface area contributed by atoms with Crippen LogP contribution in [0.2, 0.25) is 0 Å². The number of hydrogen-bond acceptors (Lipinski definition) is 11. The minimum absolute atomic E-state index is 0.0672. The minimum atomic E-state index is -0.672. The molecular formula is C44H53N11O5. The van der Waals surface area contributed by atoms with Crippen LogP contribution in [0.3, 0.4) is 0 Å². The number of pyridine rings is 1. The Morgan fingerprint density at radius 1 is 0.883 bits per heavy atom. The Morgan fingerprint density at radius 3 is 2.45 bits per heavy atom. The van der Waals surface area contributed by atoms with Gasteiger partial charge in [0.2, 0.25) is 11.8 Å². The van der Waals surface area contributed by atoms with Gasteiger partial charge in [0.1, 0.15) is 11.9 Å². The van der Waals surface area contributed by atoms with Crippen LogP contribution in [0, 0.1) is 5.92 Å². The number of urea groups is 1. The number of hydrogen-bond donors (Lipinski definition) is 3. The van der Waals surface area contributed by atoms with Crippen LogP contribution in [0.4, 0.5) is 27.8 Å². The lowest BCUT2D eigenvalue weighted by atomic mass is 9.89. The number of likely N-dealkylation sites (tertiary alicyclic amines) is 1. The summed E-state index contributed by atoms with van der Waals surface area (Å²) in [5.74, 6) is 0.619. The van der Waals surface area contributed by atoms with Gasteiger partial charge in [0.25, 0.3) is 11.5 Å². The van der Waals surface area contributed by atoms with Gasteiger partial charge in [-0.25, -0.2) is 14.8 Å². The number of nitrogens with two attached hydrogens (primary N) is 1. The van der Waals surface area contributed by atoms with Crippen molar-refractivity contribution in [3.63, 3.8) is 0 Å². The fourth-order valence-corrected chi connectivity index (χ4v) is 9.87. The molecule has 0 aliphatic carbocycles. The average molecular weight is 816 g/mol. The molecule has 0 bridgehead atoms. The number of nitrogens with zero attached hydrogens (tertiary/aromatic N) is 8. The van der Waals surface area contributed by atoms with Crippen LogP contribution >= 0.6 is 0 Å². The van der Waals surface area contributed by atoms with Crippen LogP contribution in [0.5, 0.6) is 0 Å². The molecule has 5 amide bonds. The van der Waals surface area contributed by atoms with Crippen LogP contribution in [-0.2, 0) is 9.59 Å². The largest absolute Gasteiger partial charge is 0.371 e. The predicted octanol–water partition coefficient (Wildman–Crippen LogP) is 3.65. The van der Waals surface area contributed by atoms with Gasteiger partial charge in [-0.15, -0.1) is 0 Å². The summed E-state index contributed by atoms with van der Waals surface area (Å²) < 4.78 is 1.45. The van der Waals surface area contributed by atoms with E-state index >= 15 is 0 Å². The highest BCUT2D eigenvalue weighted by molar-refractivity contribution is 5.99. The number of anilines is 4. The van der Waals surface area contributed by atoms with Crippen molar-refractivity contribution >= 4 is 57.5 Å². The molecule has 3 atom stereocenters. The zero-order chi connectivity index (χ0) is 41.5. The van der Waals surface area contributed by atoms with E-state index in [1.54, 1.807) is 17.3 Å². The van der Waals surface area contributed by atoms with Crippen molar-refractivity contribution in [1.29, 1.82) is 0 Å². The Morgan fingerprint density at radius 2 is 1.70 bits per heavy atom. The van der Waals surface area contributed by atoms with Crippen LogP contribution in [-0.4, -0.2) is 125 Å². The molecule has 1 unspecified atom stereocenters. The summed E-state index contributed by atoms with van der Waals surface area (Å²) in [7, 11) is 1.84. The van der Waals surface area contributed by atoms with Gasteiger partial charge in [0.05, 0.1) is 12.2 Å². The molecule has 0 spiro atoms. The second-order valence-electron chi connectivity index (χ2n) is 17.1. The highest BCUT2D eigenvalue weighted by Crippen LogP contribution is 2.33. The summed E-state index contributed by atoms with van der Waals surface area (Å²) in [4.78, 5) is 82.5. The Bertz CT molecular complexity index is 2360. The maximum atomic E-state index is 13.3. The van der Waals surface area contributed by atoms with Gasteiger partial charge in [-0.2, -0.15) is 0 Å². The molecule has 9 rings (SSSR count). The second kappa shape index (κ2) is 16.6. The van der Waals surface area contributed by atoms with Gasteiger partial charge in [0, 0.05) is 82.2 Å². The van der Waals surface area contributed by atoms with Gasteiger partial charge < -0.3 is 40.1 Å². The smallest absolute Gasteiger partial charge is 0.320 e. The Labute approximate surface area is 348 Å². The van der Waals surface area contributed by atoms with E-state index < -0.39 is 17.9 Å². The number of carbonyl (C=O) groups is 4. The highest BCUT2D eigenvalue weighted by atomic mass is 16.2. The summed E-state index contributed by atoms with van der Waals surface area (Å²) in [5.41, 5.74) is 8.79. The zero-order valence-electron chi connectivity index (χ0n) is 34.1. The lowest BCUT2D eigenvalue weighted by Gasteiger charge is -2.37. The van der Waals surface area contributed by atoms with E-state index in [0.717, 1.165) is 101 Å². The third-order valence-electron chi connectivity index (χ3n) is 13.3. The molecule has 314 valence electrons. The molecular weight excluding hydrogens is 763 g/mol. The van der Waals surface area contributed by atoms with E-state index in [1.807, 2.05) is 42.3 Å². The van der Waals surface area contributed by atoms with Gasteiger partial charge in [0.15, 0.2) is 11.5 Å². The molecule has 4 aromatic rings. The van der Waals surface area contributed by atoms with Gasteiger partial charge in [-0.1, -0.05) is 12.1 Å². The fraction of sp³-hybridized carbons (Fsp3) is 0.477. The maximum Gasteiger partial charge on any atom is 0.320 e. The van der Waals surface area contributed by atoms with Crippen molar-refractivity contribution < 1.29 is 19.2 Å². The molecule has 2 aromatic carbocycles. The zero-order valence-corrected chi connectivity index (χ0v) is 34.1. The van der Waals surface area contributed by atoms with E-state index in [0.29, 0.717) is 41.8 Å². The van der Waals surface area contributed by atoms with Crippen LogP contribution in [0.25, 0.3) is 10.8 Å². The number of nitrogens with one attached hydrogen (secondary N) is 2. The van der Waals surface area contributed by atoms with Crippen LogP contribution in [0.15, 0.2) is 65.7 Å². The van der Waals surface area contributed by atoms with Crippen LogP contribution < -0.4 is 31.7 Å². The number of amides is 5. The molecule has 7 heterocycles. The van der Waals surface area contributed by atoms with E-state index in [-0.39, 0.29) is 35.7 Å². The predicted molar refractivity (Wildman–Crippen MR) is 229 cm³/mol. The highest BCUT2D eigenvalue weighted by Gasteiger charge is 2.35. The van der Waals surface area contributed by atoms with Gasteiger partial charge >= 0.3 is 6.03 Å². The second-order valence-corrected chi connectivity index (χ2v) is 17.1. The summed E-state index contributed by atoms with van der Waals surface area (Å²) in [6.45, 7) is 7.99. The van der Waals surface area contributed by atoms with E-state index in [2.05, 4.69) is 48.5 Å². The third kappa shape index (κ3) is 7.99. The molecule has 5 fully saturated rings. The topological polar surface area (TPSA) is 182 Å². The first kappa shape index (κ1) is 39.4. The van der Waals surface area contributed by atoms with Crippen molar-refractivity contribution in [1.82, 2.24) is 34.6 Å². The molecule has 5 aliphatic heterocycles. The Balaban J connectivity index is 0.774. The number of fused-ring (bicyclic) bond motifs is 1. The van der Waals surface area contributed by atoms with Crippen molar-refractivity contribution in [3.05, 3.63) is 82.5 Å². The number of aromatic nitrogens is 3. The number of primary amides is 1. The molecule has 5 saturated heterocycles. The van der Waals surface area contributed by atoms with E-state index in [9.17, 15) is 24.0 Å². The fourth-order valence-electron chi connectivity index (χ4n) is 9.87. The number of benzene rings is 2. The molecule has 60 heavy (non-hydrogen) atoms. The first-order valence-electron chi connectivity index (χ1n) is 21.3. The van der Waals surface area contributed by atoms with Crippen molar-refractivity contribution in [2.75, 3.05) is 81.1 Å². The standard InChI is InChI=1S/C44H53N11O5/c1-50-21-22-54(44(50)60)34-3-2-16-53(27-34)37-24-46-39(40(45)57)41(48-37)47-32-6-4-29(5-7-32)30-13-17-51(18-14-30)25-28-12-19-52(26-28)33-8-9-35-31(23-33)15-20-55(43(35)59)36-10-11-38(56)49-42(36)58/h4-9,15,20,23-24,28,30,34,36H,2-3,10-14,16-19,21-22,25-27H2,1H3,(H2,45,57)(H,47,48)(H,49,56,58)/t28-,34-,36?/m1/s1. The summed E-state index contributed by atoms with van der Waals surface area (Å²) in [6.07, 6.45) is 8.98. The number of rotatable bonds is 10. The number of piperidine rings is 3. The first-order valence-corrected chi connectivity index (χ1v) is 21.3. The van der Waals surface area contributed by atoms with Crippen molar-refractivity contribution in [2.24, 2.45) is 11.7 Å². The minimum Gasteiger partial charge on any atom is -0.371 e. The summed E-state index contributed by atoms with van der Waals surface area (Å²) in [6, 6.07) is 15.7. The van der Waals surface area contributed by atoms with Crippen molar-refractivity contribution in [3.8, 4) is 0 Å². The SMILES string of the molecule is CN1CCN([C@@H]2CCCN(c3cnc(C(N)=O)c(Nc4ccc(C5CCN(C[C@H]6CCN(c7ccc8c(=O)n(C9CCC(=O)NC9=O)ccc8c7)C6)CC5)cc4)n3)C2)C1=O. The van der Waals surface area contributed by atoms with Gasteiger partial charge in [-0.3, -0.25) is 24.5 Å². The molecule has 4 N–H and O–H groups in total. The lowest BCUT2D eigenvalue weighted by Crippen LogP contribution is -2.49. The lowest BCUT2D eigenvalue weighted by molar-refractivity contribution is -0.135. The monoisotopic (exact) mass is 815 g/mol. The molecule has 2 aromatic heterocycles. The summed E-state index contributed by atoms with van der Waals surface area (Å²) >= 11 is 0. The normalized spacial score (nSPS) is 23.1. The molecule has 0 radical (unpaired) electrons. The molecule has 5 aliphatic rings. The van der Waals surface area contributed by atoms with Crippen molar-refractivity contribution in [2.45, 2.75) is 62.9 Å². The molecule has 16 nitrogen and oxygen atoms in total. The molecule has 16 heteroatoms. The number of likely N-dealkylation sites (N-methyl/N-ethyl adjacent to an activating group) is 1. The van der Waals surface area contributed by atoms with Gasteiger partial charge in [-0.05, 0) is 111 Å². The Kier molecular flexibility index (Phi) is 10.9. The maximum absolute atomic E-state index is 13.3. The third-order valence-corrected chi connectivity index (χ3v) is 13.3. The quantitative estimate of drug-likeness (QED) is 0.199. The van der Waals surface area contributed by atoms with E-state index in [1.165, 1.54) is 10.1 Å². The Hall–Kier alpha value is -6.03. The van der Waals surface area contributed by atoms with Crippen LogP contribution in [0.1, 0.15) is 73.0 Å². The average Bonchev–Trinajstić information content (AvgIpc) is 3.87.